The van der Waals surface area contributed by atoms with E-state index in [0.717, 1.165) is 49.7 Å². The van der Waals surface area contributed by atoms with Crippen LogP contribution in [0.4, 0.5) is 0 Å². The molecule has 2 aliphatic rings. The number of nitrogens with one attached hydrogen (secondary N) is 2. The summed E-state index contributed by atoms with van der Waals surface area (Å²) < 4.78 is 0. The molecule has 16 heteroatoms. The van der Waals surface area contributed by atoms with Gasteiger partial charge in [-0.05, 0) is 72.3 Å². The summed E-state index contributed by atoms with van der Waals surface area (Å²) >= 11 is 2.89. The fourth-order valence-corrected chi connectivity index (χ4v) is 8.64. The molecule has 2 unspecified atom stereocenters. The number of aromatic amines is 2. The molecule has 12 nitrogen and oxygen atoms in total. The molecule has 4 aromatic heterocycles. The summed E-state index contributed by atoms with van der Waals surface area (Å²) in [6, 6.07) is 0. The third-order valence-corrected chi connectivity index (χ3v) is 11.0. The normalized spacial score (nSPS) is 17.1. The van der Waals surface area contributed by atoms with Crippen LogP contribution in [0, 0.1) is 22.7 Å². The first kappa shape index (κ1) is 42.6. The van der Waals surface area contributed by atoms with E-state index in [1.54, 1.807) is 0 Å². The Hall–Kier alpha value is -1.46. The molecule has 0 amide bonds. The molecule has 6 rings (SSSR count). The summed E-state index contributed by atoms with van der Waals surface area (Å²) in [4.78, 5) is 62.1. The summed E-state index contributed by atoms with van der Waals surface area (Å²) in [7, 11) is 0. The van der Waals surface area contributed by atoms with Gasteiger partial charge in [0, 0.05) is 9.75 Å². The number of aromatic nitrogens is 4. The Morgan fingerprint density at radius 2 is 1.02 bits per heavy atom. The first-order valence-electron chi connectivity index (χ1n) is 14.1. The molecule has 0 radical (unpaired) electrons. The molecule has 0 aliphatic heterocycles. The van der Waals surface area contributed by atoms with E-state index in [9.17, 15) is 29.4 Å². The largest absolute Gasteiger partial charge is 1.00 e. The summed E-state index contributed by atoms with van der Waals surface area (Å²) in [6.07, 6.45) is 5.66. The first-order valence-corrected chi connectivity index (χ1v) is 15.7. The van der Waals surface area contributed by atoms with E-state index >= 15 is 0 Å². The SMILES string of the molecule is CC(C)(C)C1CCc2c(sc3nc(C(=O)[O-])[nH]c(=O)c23)C1.CC(C)(C)C1CCc2c(sc3nc(C(=O)[O-])[nH]c(=O)c23)C1.O.O.[Na+].[Na+]. The van der Waals surface area contributed by atoms with Crippen LogP contribution in [0.1, 0.15) is 96.5 Å². The zero-order valence-electron chi connectivity index (χ0n) is 27.6. The molecule has 0 saturated carbocycles. The van der Waals surface area contributed by atoms with E-state index in [1.165, 1.54) is 32.4 Å². The number of rotatable bonds is 2. The van der Waals surface area contributed by atoms with Crippen molar-refractivity contribution < 1.29 is 89.9 Å². The van der Waals surface area contributed by atoms with Crippen molar-refractivity contribution in [3.63, 3.8) is 0 Å². The number of aryl methyl sites for hydroxylation is 2. The van der Waals surface area contributed by atoms with Gasteiger partial charge < -0.3 is 40.7 Å². The molecule has 4 aromatic rings. The number of aromatic carboxylic acids is 2. The average Bonchev–Trinajstić information content (AvgIpc) is 3.45. The molecule has 0 aromatic carbocycles. The Labute approximate surface area is 318 Å². The van der Waals surface area contributed by atoms with Gasteiger partial charge in [-0.1, -0.05) is 41.5 Å². The predicted octanol–water partition coefficient (Wildman–Crippen LogP) is -4.64. The zero-order chi connectivity index (χ0) is 30.7. The van der Waals surface area contributed by atoms with Crippen LogP contribution in [-0.4, -0.2) is 42.8 Å². The third-order valence-electron chi connectivity index (χ3n) is 8.67. The number of thiophene rings is 2. The molecule has 0 saturated heterocycles. The molecule has 0 spiro atoms. The van der Waals surface area contributed by atoms with Gasteiger partial charge in [0.05, 0.1) is 10.8 Å². The van der Waals surface area contributed by atoms with Gasteiger partial charge in [-0.15, -0.1) is 22.7 Å². The van der Waals surface area contributed by atoms with Gasteiger partial charge in [0.1, 0.15) is 21.6 Å². The van der Waals surface area contributed by atoms with Crippen molar-refractivity contribution >= 4 is 55.0 Å². The number of hydrogen-bond donors (Lipinski definition) is 2. The van der Waals surface area contributed by atoms with Crippen LogP contribution in [0.3, 0.4) is 0 Å². The quantitative estimate of drug-likeness (QED) is 0.193. The number of fused-ring (bicyclic) bond motifs is 6. The third kappa shape index (κ3) is 8.57. The Kier molecular flexibility index (Phi) is 14.7. The van der Waals surface area contributed by atoms with Gasteiger partial charge in [0.25, 0.3) is 11.1 Å². The fourth-order valence-electron chi connectivity index (χ4n) is 6.04. The van der Waals surface area contributed by atoms with Crippen molar-refractivity contribution in [3.8, 4) is 0 Å². The van der Waals surface area contributed by atoms with Gasteiger partial charge in [-0.3, -0.25) is 9.59 Å². The summed E-state index contributed by atoms with van der Waals surface area (Å²) in [5, 5.41) is 22.9. The Morgan fingerprint density at radius 3 is 1.30 bits per heavy atom. The van der Waals surface area contributed by atoms with E-state index in [0.29, 0.717) is 32.3 Å². The van der Waals surface area contributed by atoms with Gasteiger partial charge in [-0.2, -0.15) is 0 Å². The predicted molar refractivity (Wildman–Crippen MR) is 166 cm³/mol. The van der Waals surface area contributed by atoms with Gasteiger partial charge >= 0.3 is 59.1 Å². The van der Waals surface area contributed by atoms with E-state index in [-0.39, 0.29) is 92.0 Å². The minimum Gasteiger partial charge on any atom is -0.542 e. The van der Waals surface area contributed by atoms with Crippen LogP contribution < -0.4 is 80.4 Å². The molecule has 6 N–H and O–H groups in total. The number of carbonyl (C=O) groups is 2. The fraction of sp³-hybridized carbons (Fsp3) is 0.533. The molecule has 46 heavy (non-hydrogen) atoms. The Bertz CT molecular complexity index is 1720. The van der Waals surface area contributed by atoms with E-state index in [4.69, 9.17) is 0 Å². The number of carboxylic acids is 2. The maximum absolute atomic E-state index is 12.1. The maximum Gasteiger partial charge on any atom is 1.00 e. The van der Waals surface area contributed by atoms with Crippen molar-refractivity contribution in [2.75, 3.05) is 0 Å². The number of H-pyrrole nitrogens is 2. The molecule has 0 fully saturated rings. The standard InChI is InChI=1S/2C15H18N2O3S.2Na.2H2O/c2*1-15(2,3)7-4-5-8-9(6-7)21-13-10(8)12(18)16-11(17-13)14(19)20;;;;/h2*7H,4-6H2,1-3H3,(H,19,20)(H,16,17,18);;;2*1H2/q;;2*+1;;/p-2. The number of carbonyl (C=O) groups excluding carboxylic acids is 2. The van der Waals surface area contributed by atoms with Crippen LogP contribution in [0.2, 0.25) is 0 Å². The first-order chi connectivity index (χ1) is 19.5. The van der Waals surface area contributed by atoms with E-state index < -0.39 is 23.6 Å². The van der Waals surface area contributed by atoms with Crippen LogP contribution in [0.5, 0.6) is 0 Å². The van der Waals surface area contributed by atoms with Crippen molar-refractivity contribution in [3.05, 3.63) is 53.2 Å². The Morgan fingerprint density at radius 1 is 0.696 bits per heavy atom. The van der Waals surface area contributed by atoms with Gasteiger partial charge in [0.2, 0.25) is 0 Å². The summed E-state index contributed by atoms with van der Waals surface area (Å²) in [6.45, 7) is 13.4. The van der Waals surface area contributed by atoms with Crippen molar-refractivity contribution in [2.24, 2.45) is 22.7 Å². The second-order valence-electron chi connectivity index (χ2n) is 13.4. The second-order valence-corrected chi connectivity index (χ2v) is 15.6. The van der Waals surface area contributed by atoms with Gasteiger partial charge in [0.15, 0.2) is 11.6 Å². The molecular weight excluding hydrogens is 654 g/mol. The summed E-state index contributed by atoms with van der Waals surface area (Å²) in [5.41, 5.74) is 1.81. The molecule has 0 bridgehead atoms. The summed E-state index contributed by atoms with van der Waals surface area (Å²) in [5.74, 6) is -2.55. The van der Waals surface area contributed by atoms with Crippen LogP contribution in [-0.2, 0) is 25.7 Å². The minimum absolute atomic E-state index is 0. The van der Waals surface area contributed by atoms with Crippen molar-refractivity contribution in [1.82, 2.24) is 19.9 Å². The van der Waals surface area contributed by atoms with Crippen molar-refractivity contribution in [1.29, 1.82) is 0 Å². The Balaban J connectivity index is 0.000000423. The molecule has 4 heterocycles. The average molecular weight is 693 g/mol. The maximum atomic E-state index is 12.1. The molecule has 2 aliphatic carbocycles. The molecular formula is C30H38N4Na2O8S2. The monoisotopic (exact) mass is 692 g/mol. The van der Waals surface area contributed by atoms with Crippen LogP contribution in [0.15, 0.2) is 9.59 Å². The smallest absolute Gasteiger partial charge is 0.542 e. The topological polar surface area (TPSA) is 235 Å². The minimum atomic E-state index is -1.45. The van der Waals surface area contributed by atoms with E-state index in [1.807, 2.05) is 0 Å². The zero-order valence-corrected chi connectivity index (χ0v) is 33.2. The molecule has 240 valence electrons. The molecule has 2 atom stereocenters. The number of nitrogens with zero attached hydrogens (tertiary/aromatic N) is 2. The number of carboxylic acid groups (broad SMARTS) is 2. The van der Waals surface area contributed by atoms with Gasteiger partial charge in [-0.25, -0.2) is 9.97 Å². The van der Waals surface area contributed by atoms with Crippen LogP contribution in [0.25, 0.3) is 20.4 Å². The number of hydrogen-bond acceptors (Lipinski definition) is 10. The van der Waals surface area contributed by atoms with Crippen molar-refractivity contribution in [2.45, 2.75) is 80.1 Å². The second kappa shape index (κ2) is 15.8. The van der Waals surface area contributed by atoms with Crippen LogP contribution >= 0.6 is 22.7 Å². The van der Waals surface area contributed by atoms with E-state index in [2.05, 4.69) is 61.5 Å².